The molecule has 0 aromatic heterocycles. The Hall–Kier alpha value is -2.33. The highest BCUT2D eigenvalue weighted by molar-refractivity contribution is 9.10. The molecule has 0 amide bonds. The van der Waals surface area contributed by atoms with Crippen molar-refractivity contribution in [3.8, 4) is 5.75 Å². The first-order chi connectivity index (χ1) is 14.8. The van der Waals surface area contributed by atoms with Gasteiger partial charge in [0.1, 0.15) is 5.75 Å². The summed E-state index contributed by atoms with van der Waals surface area (Å²) in [4.78, 5) is 0. The summed E-state index contributed by atoms with van der Waals surface area (Å²) in [5.41, 5.74) is 3.64. The van der Waals surface area contributed by atoms with Gasteiger partial charge in [-0.05, 0) is 53.4 Å². The predicted molar refractivity (Wildman–Crippen MR) is 125 cm³/mol. The number of hydrogen-bond acceptors (Lipinski definition) is 3. The molecule has 3 aromatic rings. The van der Waals surface area contributed by atoms with Crippen LogP contribution < -0.4 is 4.74 Å². The van der Waals surface area contributed by atoms with Crippen LogP contribution in [0.3, 0.4) is 0 Å². The van der Waals surface area contributed by atoms with Crippen LogP contribution in [-0.4, -0.2) is 16.9 Å². The monoisotopic (exact) mass is 460 g/mol. The predicted octanol–water partition coefficient (Wildman–Crippen LogP) is 7.05. The van der Waals surface area contributed by atoms with Gasteiger partial charge in [-0.25, -0.2) is 5.01 Å². The van der Waals surface area contributed by atoms with Gasteiger partial charge in [-0.15, -0.1) is 0 Å². The summed E-state index contributed by atoms with van der Waals surface area (Å²) < 4.78 is 7.69. The van der Waals surface area contributed by atoms with Crippen molar-refractivity contribution < 1.29 is 4.74 Å². The summed E-state index contributed by atoms with van der Waals surface area (Å²) in [6, 6.07) is 21.9. The van der Waals surface area contributed by atoms with E-state index in [-0.39, 0.29) is 12.3 Å². The van der Waals surface area contributed by atoms with Crippen molar-refractivity contribution in [3.63, 3.8) is 0 Å². The second-order valence-electron chi connectivity index (χ2n) is 8.80. The summed E-state index contributed by atoms with van der Waals surface area (Å²) in [7, 11) is 0. The standard InChI is InChI=1S/C26H25BrN2O/c27-21-12-13-25-22(15-21)24-16-23(20-11-10-17-6-4-5-9-19(17)14-20)28-29(24)26(30-25)18-7-2-1-3-8-18/h4-6,9-15,18,24,26H,1-3,7-8,16H2/t24-,26-/m1/s1. The Morgan fingerprint density at radius 3 is 2.60 bits per heavy atom. The van der Waals surface area contributed by atoms with E-state index < -0.39 is 0 Å². The Morgan fingerprint density at radius 2 is 1.73 bits per heavy atom. The molecule has 2 aliphatic heterocycles. The highest BCUT2D eigenvalue weighted by Gasteiger charge is 2.43. The molecular formula is C26H25BrN2O. The van der Waals surface area contributed by atoms with Gasteiger partial charge in [-0.3, -0.25) is 0 Å². The quantitative estimate of drug-likeness (QED) is 0.409. The van der Waals surface area contributed by atoms with Crippen LogP contribution in [-0.2, 0) is 0 Å². The molecule has 1 aliphatic carbocycles. The van der Waals surface area contributed by atoms with E-state index in [1.165, 1.54) is 59.7 Å². The molecule has 3 aliphatic rings. The molecule has 0 N–H and O–H groups in total. The number of ether oxygens (including phenoxy) is 1. The second-order valence-corrected chi connectivity index (χ2v) is 9.71. The molecule has 3 aromatic carbocycles. The van der Waals surface area contributed by atoms with Gasteiger partial charge in [0.05, 0.1) is 11.8 Å². The van der Waals surface area contributed by atoms with E-state index in [9.17, 15) is 0 Å². The fourth-order valence-corrected chi connectivity index (χ4v) is 5.74. The van der Waals surface area contributed by atoms with Crippen LogP contribution in [0.25, 0.3) is 10.8 Å². The van der Waals surface area contributed by atoms with Crippen molar-refractivity contribution in [2.45, 2.75) is 50.8 Å². The molecule has 1 fully saturated rings. The molecule has 6 rings (SSSR count). The van der Waals surface area contributed by atoms with E-state index >= 15 is 0 Å². The third kappa shape index (κ3) is 3.13. The van der Waals surface area contributed by atoms with Crippen LogP contribution in [0, 0.1) is 5.92 Å². The number of rotatable bonds is 2. The molecule has 0 unspecified atom stereocenters. The van der Waals surface area contributed by atoms with Crippen molar-refractivity contribution in [2.75, 3.05) is 0 Å². The van der Waals surface area contributed by atoms with Gasteiger partial charge in [-0.2, -0.15) is 5.10 Å². The van der Waals surface area contributed by atoms with Crippen molar-refractivity contribution in [1.82, 2.24) is 5.01 Å². The number of halogens is 1. The lowest BCUT2D eigenvalue weighted by Crippen LogP contribution is -2.45. The van der Waals surface area contributed by atoms with Gasteiger partial charge in [0.15, 0.2) is 6.23 Å². The molecule has 2 atom stereocenters. The highest BCUT2D eigenvalue weighted by Crippen LogP contribution is 2.47. The Labute approximate surface area is 185 Å². The molecular weight excluding hydrogens is 436 g/mol. The van der Waals surface area contributed by atoms with Crippen LogP contribution in [0.15, 0.2) is 70.2 Å². The van der Waals surface area contributed by atoms with E-state index in [4.69, 9.17) is 9.84 Å². The number of fused-ring (bicyclic) bond motifs is 4. The van der Waals surface area contributed by atoms with E-state index in [0.29, 0.717) is 5.92 Å². The normalized spacial score (nSPS) is 23.6. The first-order valence-corrected chi connectivity index (χ1v) is 11.9. The SMILES string of the molecule is Brc1ccc2c(c1)[C@H]1CC(c3ccc4ccccc4c3)=NN1[C@@H](C1CCCCC1)O2. The number of nitrogens with zero attached hydrogens (tertiary/aromatic N) is 2. The van der Waals surface area contributed by atoms with E-state index in [2.05, 4.69) is 81.6 Å². The highest BCUT2D eigenvalue weighted by atomic mass is 79.9. The molecule has 2 heterocycles. The topological polar surface area (TPSA) is 24.8 Å². The van der Waals surface area contributed by atoms with Gasteiger partial charge < -0.3 is 4.74 Å². The molecule has 0 bridgehead atoms. The van der Waals surface area contributed by atoms with E-state index in [1.54, 1.807) is 0 Å². The van der Waals surface area contributed by atoms with Crippen molar-refractivity contribution in [3.05, 3.63) is 76.3 Å². The fraction of sp³-hybridized carbons (Fsp3) is 0.346. The van der Waals surface area contributed by atoms with E-state index in [0.717, 1.165) is 16.6 Å². The smallest absolute Gasteiger partial charge is 0.190 e. The van der Waals surface area contributed by atoms with Crippen molar-refractivity contribution >= 4 is 32.4 Å². The zero-order valence-electron chi connectivity index (χ0n) is 16.9. The lowest BCUT2D eigenvalue weighted by molar-refractivity contribution is -0.0644. The number of benzene rings is 3. The van der Waals surface area contributed by atoms with Crippen LogP contribution in [0.4, 0.5) is 0 Å². The van der Waals surface area contributed by atoms with Crippen LogP contribution in [0.5, 0.6) is 5.75 Å². The lowest BCUT2D eigenvalue weighted by Gasteiger charge is -2.42. The number of hydrogen-bond donors (Lipinski definition) is 0. The average Bonchev–Trinajstić information content (AvgIpc) is 3.25. The molecule has 1 saturated carbocycles. The molecule has 4 heteroatoms. The summed E-state index contributed by atoms with van der Waals surface area (Å²) in [6.07, 6.45) is 7.40. The minimum absolute atomic E-state index is 0.0435. The van der Waals surface area contributed by atoms with Crippen LogP contribution in [0.1, 0.15) is 55.7 Å². The average molecular weight is 461 g/mol. The summed E-state index contributed by atoms with van der Waals surface area (Å²) in [5, 5.41) is 10.0. The summed E-state index contributed by atoms with van der Waals surface area (Å²) in [5.74, 6) is 1.59. The zero-order chi connectivity index (χ0) is 20.1. The van der Waals surface area contributed by atoms with Gasteiger partial charge in [0.25, 0.3) is 0 Å². The maximum atomic E-state index is 6.59. The van der Waals surface area contributed by atoms with Crippen molar-refractivity contribution in [2.24, 2.45) is 11.0 Å². The molecule has 30 heavy (non-hydrogen) atoms. The Balaban J connectivity index is 1.41. The van der Waals surface area contributed by atoms with Gasteiger partial charge in [0, 0.05) is 22.4 Å². The van der Waals surface area contributed by atoms with Gasteiger partial charge >= 0.3 is 0 Å². The number of hydrazone groups is 1. The third-order valence-corrected chi connectivity index (χ3v) is 7.41. The van der Waals surface area contributed by atoms with Crippen LogP contribution in [0.2, 0.25) is 0 Å². The van der Waals surface area contributed by atoms with Crippen LogP contribution >= 0.6 is 15.9 Å². The fourth-order valence-electron chi connectivity index (χ4n) is 5.36. The van der Waals surface area contributed by atoms with Gasteiger partial charge in [0.2, 0.25) is 0 Å². The molecule has 0 spiro atoms. The maximum absolute atomic E-state index is 6.59. The molecule has 3 nitrogen and oxygen atoms in total. The van der Waals surface area contributed by atoms with Crippen molar-refractivity contribution in [1.29, 1.82) is 0 Å². The summed E-state index contributed by atoms with van der Waals surface area (Å²) >= 11 is 3.65. The first kappa shape index (κ1) is 18.4. The zero-order valence-corrected chi connectivity index (χ0v) is 18.5. The first-order valence-electron chi connectivity index (χ1n) is 11.1. The molecule has 152 valence electrons. The largest absolute Gasteiger partial charge is 0.468 e. The Kier molecular flexibility index (Phi) is 4.56. The maximum Gasteiger partial charge on any atom is 0.190 e. The van der Waals surface area contributed by atoms with E-state index in [1.807, 2.05) is 0 Å². The van der Waals surface area contributed by atoms with Gasteiger partial charge in [-0.1, -0.05) is 71.6 Å². The Morgan fingerprint density at radius 1 is 0.900 bits per heavy atom. The third-order valence-electron chi connectivity index (χ3n) is 6.92. The minimum atomic E-state index is 0.0435. The molecule has 0 radical (unpaired) electrons. The molecule has 0 saturated heterocycles. The lowest BCUT2D eigenvalue weighted by atomic mass is 9.86. The Bertz CT molecular complexity index is 1130. The minimum Gasteiger partial charge on any atom is -0.468 e. The summed E-state index contributed by atoms with van der Waals surface area (Å²) in [6.45, 7) is 0. The second kappa shape index (κ2) is 7.42.